The topological polar surface area (TPSA) is 71.5 Å². The van der Waals surface area contributed by atoms with Crippen LogP contribution in [0, 0.1) is 18.8 Å². The maximum atomic E-state index is 10.6. The van der Waals surface area contributed by atoms with E-state index < -0.39 is 11.3 Å². The molecule has 1 aromatic rings. The van der Waals surface area contributed by atoms with Gasteiger partial charge in [0, 0.05) is 12.2 Å². The number of aryl methyl sites for hydroxylation is 1. The average Bonchev–Trinajstić information content (AvgIpc) is 2.47. The highest BCUT2D eigenvalue weighted by atomic mass is 32.2. The molecule has 1 heterocycles. The molecular weight excluding hydrogens is 288 g/mol. The van der Waals surface area contributed by atoms with Crippen molar-refractivity contribution in [3.05, 3.63) is 24.0 Å². The van der Waals surface area contributed by atoms with E-state index in [-0.39, 0.29) is 0 Å². The molecule has 1 fully saturated rings. The van der Waals surface area contributed by atoms with Gasteiger partial charge in [0.15, 0.2) is 0 Å². The predicted molar refractivity (Wildman–Crippen MR) is 83.3 cm³/mol. The normalized spacial score (nSPS) is 23.7. The second-order valence-electron chi connectivity index (χ2n) is 5.68. The van der Waals surface area contributed by atoms with Gasteiger partial charge in [0.05, 0.1) is 12.8 Å². The van der Waals surface area contributed by atoms with Crippen LogP contribution in [0.3, 0.4) is 0 Å². The van der Waals surface area contributed by atoms with Crippen molar-refractivity contribution in [2.75, 3.05) is 13.2 Å². The first-order chi connectivity index (χ1) is 10.1. The standard InChI is InChI=1S/C15H24N2O3S/c1-12-6-7-15(10-16-12)20-11-14-5-3-2-4-13(14)8-9-17-21(18)19/h6-7,10,13-14,17H,2-5,8-9,11H2,1H3,(H,18,19). The van der Waals surface area contributed by atoms with Crippen LogP contribution in [-0.2, 0) is 11.3 Å². The monoisotopic (exact) mass is 312 g/mol. The molecular formula is C15H24N2O3S. The fraction of sp³-hybridized carbons (Fsp3) is 0.667. The third kappa shape index (κ3) is 5.73. The lowest BCUT2D eigenvalue weighted by Gasteiger charge is -2.31. The van der Waals surface area contributed by atoms with E-state index in [0.717, 1.165) is 17.9 Å². The van der Waals surface area contributed by atoms with Crippen molar-refractivity contribution in [2.45, 2.75) is 39.0 Å². The Morgan fingerprint density at radius 1 is 1.38 bits per heavy atom. The minimum atomic E-state index is -1.91. The predicted octanol–water partition coefficient (Wildman–Crippen LogP) is 2.69. The highest BCUT2D eigenvalue weighted by Crippen LogP contribution is 2.32. The average molecular weight is 312 g/mol. The van der Waals surface area contributed by atoms with Gasteiger partial charge in [-0.15, -0.1) is 0 Å². The zero-order valence-electron chi connectivity index (χ0n) is 12.5. The first kappa shape index (κ1) is 16.4. The molecule has 118 valence electrons. The zero-order valence-corrected chi connectivity index (χ0v) is 13.3. The maximum Gasteiger partial charge on any atom is 0.231 e. The van der Waals surface area contributed by atoms with Gasteiger partial charge in [-0.1, -0.05) is 19.3 Å². The Hall–Kier alpha value is -0.980. The third-order valence-electron chi connectivity index (χ3n) is 4.16. The quantitative estimate of drug-likeness (QED) is 0.759. The summed E-state index contributed by atoms with van der Waals surface area (Å²) in [5, 5.41) is 0. The summed E-state index contributed by atoms with van der Waals surface area (Å²) in [6.45, 7) is 3.24. The first-order valence-corrected chi connectivity index (χ1v) is 8.65. The van der Waals surface area contributed by atoms with Crippen LogP contribution < -0.4 is 9.46 Å². The van der Waals surface area contributed by atoms with Gasteiger partial charge in [0.2, 0.25) is 11.3 Å². The van der Waals surface area contributed by atoms with Gasteiger partial charge in [-0.25, -0.2) is 8.93 Å². The first-order valence-electron chi connectivity index (χ1n) is 7.55. The number of nitrogens with one attached hydrogen (secondary N) is 1. The van der Waals surface area contributed by atoms with Gasteiger partial charge >= 0.3 is 0 Å². The fourth-order valence-corrected chi connectivity index (χ4v) is 3.25. The Morgan fingerprint density at radius 2 is 2.14 bits per heavy atom. The van der Waals surface area contributed by atoms with E-state index in [1.165, 1.54) is 25.7 Å². The van der Waals surface area contributed by atoms with E-state index in [4.69, 9.17) is 9.29 Å². The third-order valence-corrected chi connectivity index (χ3v) is 4.61. The molecule has 0 spiro atoms. The molecule has 0 saturated heterocycles. The number of ether oxygens (including phenoxy) is 1. The highest BCUT2D eigenvalue weighted by Gasteiger charge is 2.25. The molecule has 1 aliphatic carbocycles. The second kappa shape index (κ2) is 8.46. The number of hydrogen-bond donors (Lipinski definition) is 2. The number of rotatable bonds is 7. The van der Waals surface area contributed by atoms with Gasteiger partial charge in [0.1, 0.15) is 5.75 Å². The van der Waals surface area contributed by atoms with Crippen molar-refractivity contribution < 1.29 is 13.5 Å². The summed E-state index contributed by atoms with van der Waals surface area (Å²) in [4.78, 5) is 4.23. The summed E-state index contributed by atoms with van der Waals surface area (Å²) in [6.07, 6.45) is 7.54. The lowest BCUT2D eigenvalue weighted by molar-refractivity contribution is 0.143. The van der Waals surface area contributed by atoms with Crippen LogP contribution in [0.5, 0.6) is 5.75 Å². The van der Waals surface area contributed by atoms with E-state index in [1.807, 2.05) is 19.1 Å². The smallest absolute Gasteiger partial charge is 0.231 e. The summed E-state index contributed by atoms with van der Waals surface area (Å²) < 4.78 is 27.8. The summed E-state index contributed by atoms with van der Waals surface area (Å²) in [5.74, 6) is 1.90. The maximum absolute atomic E-state index is 10.6. The van der Waals surface area contributed by atoms with E-state index in [2.05, 4.69) is 9.71 Å². The summed E-state index contributed by atoms with van der Waals surface area (Å²) in [5.41, 5.74) is 0.987. The molecule has 1 saturated carbocycles. The Morgan fingerprint density at radius 3 is 2.81 bits per heavy atom. The molecule has 2 N–H and O–H groups in total. The van der Waals surface area contributed by atoms with Crippen LogP contribution in [0.1, 0.15) is 37.8 Å². The van der Waals surface area contributed by atoms with Crippen molar-refractivity contribution in [3.63, 3.8) is 0 Å². The Labute approximate surface area is 128 Å². The summed E-state index contributed by atoms with van der Waals surface area (Å²) in [7, 11) is 0. The lowest BCUT2D eigenvalue weighted by atomic mass is 9.78. The van der Waals surface area contributed by atoms with Crippen molar-refractivity contribution >= 4 is 11.3 Å². The molecule has 0 aromatic carbocycles. The Kier molecular flexibility index (Phi) is 6.60. The van der Waals surface area contributed by atoms with Gasteiger partial charge in [0.25, 0.3) is 0 Å². The minimum Gasteiger partial charge on any atom is -0.492 e. The molecule has 6 heteroatoms. The molecule has 0 radical (unpaired) electrons. The molecule has 3 unspecified atom stereocenters. The van der Waals surface area contributed by atoms with Crippen molar-refractivity contribution in [1.29, 1.82) is 0 Å². The second-order valence-corrected chi connectivity index (χ2v) is 6.47. The van der Waals surface area contributed by atoms with Crippen LogP contribution in [0.2, 0.25) is 0 Å². The summed E-state index contributed by atoms with van der Waals surface area (Å²) in [6, 6.07) is 3.91. The van der Waals surface area contributed by atoms with E-state index in [9.17, 15) is 4.21 Å². The van der Waals surface area contributed by atoms with Gasteiger partial charge in [-0.2, -0.15) is 0 Å². The van der Waals surface area contributed by atoms with E-state index in [0.29, 0.717) is 25.0 Å². The lowest BCUT2D eigenvalue weighted by Crippen LogP contribution is -2.29. The molecule has 2 rings (SSSR count). The Balaban J connectivity index is 1.80. The zero-order chi connectivity index (χ0) is 15.1. The van der Waals surface area contributed by atoms with Gasteiger partial charge < -0.3 is 4.74 Å². The van der Waals surface area contributed by atoms with Crippen LogP contribution >= 0.6 is 0 Å². The molecule has 0 bridgehead atoms. The van der Waals surface area contributed by atoms with Crippen molar-refractivity contribution in [3.8, 4) is 5.75 Å². The number of aromatic nitrogens is 1. The minimum absolute atomic E-state index is 0.522. The van der Waals surface area contributed by atoms with Crippen LogP contribution in [0.15, 0.2) is 18.3 Å². The SMILES string of the molecule is Cc1ccc(OCC2CCCCC2CCNS(=O)O)cn1. The highest BCUT2D eigenvalue weighted by molar-refractivity contribution is 7.77. The fourth-order valence-electron chi connectivity index (χ4n) is 2.96. The van der Waals surface area contributed by atoms with Gasteiger partial charge in [-0.3, -0.25) is 9.54 Å². The molecule has 5 nitrogen and oxygen atoms in total. The number of hydrogen-bond acceptors (Lipinski definition) is 3. The summed E-state index contributed by atoms with van der Waals surface area (Å²) >= 11 is -1.91. The van der Waals surface area contributed by atoms with Crippen molar-refractivity contribution in [2.24, 2.45) is 11.8 Å². The molecule has 1 aliphatic rings. The number of nitrogens with zero attached hydrogens (tertiary/aromatic N) is 1. The molecule has 21 heavy (non-hydrogen) atoms. The molecule has 0 amide bonds. The van der Waals surface area contributed by atoms with Crippen LogP contribution in [0.4, 0.5) is 0 Å². The molecule has 3 atom stereocenters. The van der Waals surface area contributed by atoms with Crippen LogP contribution in [0.25, 0.3) is 0 Å². The van der Waals surface area contributed by atoms with Crippen LogP contribution in [-0.4, -0.2) is 26.9 Å². The Bertz CT molecular complexity index is 453. The molecule has 1 aromatic heterocycles. The van der Waals surface area contributed by atoms with Gasteiger partial charge in [-0.05, 0) is 43.7 Å². The van der Waals surface area contributed by atoms with E-state index >= 15 is 0 Å². The largest absolute Gasteiger partial charge is 0.492 e. The van der Waals surface area contributed by atoms with Crippen molar-refractivity contribution in [1.82, 2.24) is 9.71 Å². The number of pyridine rings is 1. The molecule has 0 aliphatic heterocycles. The van der Waals surface area contributed by atoms with E-state index in [1.54, 1.807) is 6.20 Å².